The third kappa shape index (κ3) is 3.83. The van der Waals surface area contributed by atoms with Gasteiger partial charge in [-0.15, -0.1) is 0 Å². The number of nitrogens with one attached hydrogen (secondary N) is 1. The highest BCUT2D eigenvalue weighted by Gasteiger charge is 2.21. The Morgan fingerprint density at radius 1 is 1.26 bits per heavy atom. The Bertz CT molecular complexity index is 425. The molecular formula is C13H16F4N2. The van der Waals surface area contributed by atoms with Crippen LogP contribution < -0.4 is 10.2 Å². The SMILES string of the molecule is Fc1ccc(N2CCCC(NCC(F)F)C2)cc1F. The maximum absolute atomic E-state index is 13.2. The second kappa shape index (κ2) is 6.23. The summed E-state index contributed by atoms with van der Waals surface area (Å²) in [6.07, 6.45) is -0.731. The maximum Gasteiger partial charge on any atom is 0.250 e. The van der Waals surface area contributed by atoms with Crippen LogP contribution in [-0.4, -0.2) is 32.1 Å². The lowest BCUT2D eigenvalue weighted by atomic mass is 10.0. The van der Waals surface area contributed by atoms with Crippen molar-refractivity contribution in [2.24, 2.45) is 0 Å². The van der Waals surface area contributed by atoms with Crippen LogP contribution in [-0.2, 0) is 0 Å². The fourth-order valence-electron chi connectivity index (χ4n) is 2.32. The minimum atomic E-state index is -2.38. The molecule has 2 nitrogen and oxygen atoms in total. The lowest BCUT2D eigenvalue weighted by Gasteiger charge is -2.35. The first-order valence-electron chi connectivity index (χ1n) is 6.28. The summed E-state index contributed by atoms with van der Waals surface area (Å²) in [5.74, 6) is -1.77. The van der Waals surface area contributed by atoms with Crippen molar-refractivity contribution in [2.75, 3.05) is 24.5 Å². The molecule has 0 aromatic heterocycles. The molecule has 1 atom stereocenters. The average molecular weight is 276 g/mol. The Hall–Kier alpha value is -1.30. The van der Waals surface area contributed by atoms with Crippen molar-refractivity contribution in [1.82, 2.24) is 5.32 Å². The molecule has 1 fully saturated rings. The van der Waals surface area contributed by atoms with Gasteiger partial charge in [-0.3, -0.25) is 0 Å². The molecule has 1 unspecified atom stereocenters. The molecule has 0 saturated carbocycles. The van der Waals surface area contributed by atoms with E-state index in [1.54, 1.807) is 0 Å². The van der Waals surface area contributed by atoms with Gasteiger partial charge in [0.05, 0.1) is 6.54 Å². The van der Waals surface area contributed by atoms with Crippen molar-refractivity contribution >= 4 is 5.69 Å². The third-order valence-corrected chi connectivity index (χ3v) is 3.25. The van der Waals surface area contributed by atoms with E-state index in [2.05, 4.69) is 5.32 Å². The summed E-state index contributed by atoms with van der Waals surface area (Å²) in [7, 11) is 0. The minimum absolute atomic E-state index is 0.0455. The topological polar surface area (TPSA) is 15.3 Å². The number of hydrogen-bond donors (Lipinski definition) is 1. The molecular weight excluding hydrogens is 260 g/mol. The molecule has 1 aromatic rings. The summed E-state index contributed by atoms with van der Waals surface area (Å²) >= 11 is 0. The summed E-state index contributed by atoms with van der Waals surface area (Å²) in [5.41, 5.74) is 0.586. The predicted molar refractivity (Wildman–Crippen MR) is 65.6 cm³/mol. The molecule has 19 heavy (non-hydrogen) atoms. The molecule has 1 aromatic carbocycles. The summed E-state index contributed by atoms with van der Waals surface area (Å²) in [6, 6.07) is 3.69. The summed E-state index contributed by atoms with van der Waals surface area (Å²) in [6.45, 7) is 0.909. The maximum atomic E-state index is 13.2. The quantitative estimate of drug-likeness (QED) is 0.851. The molecule has 1 N–H and O–H groups in total. The molecule has 0 radical (unpaired) electrons. The van der Waals surface area contributed by atoms with Gasteiger partial charge >= 0.3 is 0 Å². The Balaban J connectivity index is 1.98. The summed E-state index contributed by atoms with van der Waals surface area (Å²) in [4.78, 5) is 1.88. The second-order valence-corrected chi connectivity index (χ2v) is 4.68. The molecule has 0 amide bonds. The average Bonchev–Trinajstić information content (AvgIpc) is 2.40. The number of anilines is 1. The molecule has 1 heterocycles. The van der Waals surface area contributed by atoms with Crippen LogP contribution >= 0.6 is 0 Å². The molecule has 1 aliphatic heterocycles. The molecule has 1 saturated heterocycles. The number of piperidine rings is 1. The predicted octanol–water partition coefficient (Wildman–Crippen LogP) is 2.79. The van der Waals surface area contributed by atoms with Gasteiger partial charge in [-0.2, -0.15) is 0 Å². The Morgan fingerprint density at radius 3 is 2.74 bits per heavy atom. The molecule has 0 spiro atoms. The fourth-order valence-corrected chi connectivity index (χ4v) is 2.32. The largest absolute Gasteiger partial charge is 0.370 e. The monoisotopic (exact) mass is 276 g/mol. The molecule has 0 bridgehead atoms. The number of rotatable bonds is 4. The standard InChI is InChI=1S/C13H16F4N2/c14-11-4-3-10(6-12(11)15)19-5-1-2-9(8-19)18-7-13(16)17/h3-4,6,9,13,18H,1-2,5,7-8H2. The van der Waals surface area contributed by atoms with Gasteiger partial charge in [0.15, 0.2) is 11.6 Å². The van der Waals surface area contributed by atoms with Gasteiger partial charge in [0, 0.05) is 30.9 Å². The lowest BCUT2D eigenvalue weighted by Crippen LogP contribution is -2.47. The molecule has 106 valence electrons. The Morgan fingerprint density at radius 2 is 2.05 bits per heavy atom. The molecule has 0 aliphatic carbocycles. The van der Waals surface area contributed by atoms with Crippen LogP contribution in [0.25, 0.3) is 0 Å². The van der Waals surface area contributed by atoms with Crippen molar-refractivity contribution in [3.8, 4) is 0 Å². The molecule has 2 rings (SSSR count). The van der Waals surface area contributed by atoms with Crippen LogP contribution in [0.15, 0.2) is 18.2 Å². The van der Waals surface area contributed by atoms with E-state index in [9.17, 15) is 17.6 Å². The van der Waals surface area contributed by atoms with Gasteiger partial charge in [-0.05, 0) is 25.0 Å². The van der Waals surface area contributed by atoms with Gasteiger partial charge in [-0.25, -0.2) is 17.6 Å². The van der Waals surface area contributed by atoms with Crippen LogP contribution in [0, 0.1) is 11.6 Å². The number of benzene rings is 1. The minimum Gasteiger partial charge on any atom is -0.370 e. The van der Waals surface area contributed by atoms with Gasteiger partial charge in [-0.1, -0.05) is 0 Å². The highest BCUT2D eigenvalue weighted by molar-refractivity contribution is 5.47. The van der Waals surface area contributed by atoms with E-state index >= 15 is 0 Å². The zero-order valence-corrected chi connectivity index (χ0v) is 10.4. The summed E-state index contributed by atoms with van der Waals surface area (Å²) in [5, 5.41) is 2.79. The number of alkyl halides is 2. The van der Waals surface area contributed by atoms with Crippen molar-refractivity contribution in [3.63, 3.8) is 0 Å². The zero-order valence-electron chi connectivity index (χ0n) is 10.4. The number of halogens is 4. The molecule has 1 aliphatic rings. The van der Waals surface area contributed by atoms with Crippen molar-refractivity contribution in [2.45, 2.75) is 25.3 Å². The zero-order chi connectivity index (χ0) is 13.8. The first-order valence-corrected chi connectivity index (χ1v) is 6.28. The third-order valence-electron chi connectivity index (χ3n) is 3.25. The van der Waals surface area contributed by atoms with E-state index in [1.807, 2.05) is 4.90 Å². The van der Waals surface area contributed by atoms with E-state index in [0.29, 0.717) is 12.2 Å². The fraction of sp³-hybridized carbons (Fsp3) is 0.538. The highest BCUT2D eigenvalue weighted by Crippen LogP contribution is 2.22. The Kier molecular flexibility index (Phi) is 4.63. The molecule has 6 heteroatoms. The van der Waals surface area contributed by atoms with E-state index in [0.717, 1.165) is 31.5 Å². The van der Waals surface area contributed by atoms with E-state index < -0.39 is 18.1 Å². The highest BCUT2D eigenvalue weighted by atomic mass is 19.3. The lowest BCUT2D eigenvalue weighted by molar-refractivity contribution is 0.140. The van der Waals surface area contributed by atoms with Gasteiger partial charge in [0.2, 0.25) is 0 Å². The van der Waals surface area contributed by atoms with Crippen molar-refractivity contribution < 1.29 is 17.6 Å². The normalized spacial score (nSPS) is 20.1. The van der Waals surface area contributed by atoms with Crippen molar-refractivity contribution in [1.29, 1.82) is 0 Å². The first-order chi connectivity index (χ1) is 9.06. The Labute approximate surface area is 109 Å². The van der Waals surface area contributed by atoms with E-state index in [-0.39, 0.29) is 12.6 Å². The van der Waals surface area contributed by atoms with Crippen molar-refractivity contribution in [3.05, 3.63) is 29.8 Å². The van der Waals surface area contributed by atoms with Crippen LogP contribution in [0.4, 0.5) is 23.2 Å². The smallest absolute Gasteiger partial charge is 0.250 e. The van der Waals surface area contributed by atoms with Gasteiger partial charge in [0.25, 0.3) is 6.43 Å². The first kappa shape index (κ1) is 14.1. The van der Waals surface area contributed by atoms with Crippen LogP contribution in [0.2, 0.25) is 0 Å². The van der Waals surface area contributed by atoms with E-state index in [1.165, 1.54) is 6.07 Å². The number of hydrogen-bond acceptors (Lipinski definition) is 2. The second-order valence-electron chi connectivity index (χ2n) is 4.68. The van der Waals surface area contributed by atoms with Crippen LogP contribution in [0.1, 0.15) is 12.8 Å². The van der Waals surface area contributed by atoms with E-state index in [4.69, 9.17) is 0 Å². The summed E-state index contributed by atoms with van der Waals surface area (Å²) < 4.78 is 50.3. The number of nitrogens with zero attached hydrogens (tertiary/aromatic N) is 1. The van der Waals surface area contributed by atoms with Crippen LogP contribution in [0.3, 0.4) is 0 Å². The van der Waals surface area contributed by atoms with Gasteiger partial charge < -0.3 is 10.2 Å². The van der Waals surface area contributed by atoms with Gasteiger partial charge in [0.1, 0.15) is 0 Å². The van der Waals surface area contributed by atoms with Crippen LogP contribution in [0.5, 0.6) is 0 Å².